The molecule has 26 valence electrons. The molecule has 0 rings (SSSR count). The first-order valence-corrected chi connectivity index (χ1v) is 3.16. The Labute approximate surface area is 55.3 Å². The summed E-state index contributed by atoms with van der Waals surface area (Å²) in [5, 5.41) is 0. The number of rotatable bonds is 0. The average Bonchev–Trinajstić information content (AvgIpc) is 1.50. The minimum absolute atomic E-state index is 1.47. The van der Waals surface area contributed by atoms with Crippen LogP contribution < -0.4 is 0 Å². The number of hydrogen-bond acceptors (Lipinski definition) is 0. The van der Waals surface area contributed by atoms with Gasteiger partial charge in [-0.1, -0.05) is 0 Å². The van der Waals surface area contributed by atoms with Gasteiger partial charge in [-0.2, -0.15) is 0 Å². The summed E-state index contributed by atoms with van der Waals surface area (Å²) in [7, 11) is 9.09. The summed E-state index contributed by atoms with van der Waals surface area (Å²) < 4.78 is 0. The summed E-state index contributed by atoms with van der Waals surface area (Å²) in [6.45, 7) is 0. The van der Waals surface area contributed by atoms with Gasteiger partial charge in [0.2, 0.25) is 0 Å². The van der Waals surface area contributed by atoms with Gasteiger partial charge in [0.15, 0.2) is 0 Å². The molecule has 4 heavy (non-hydrogen) atoms. The van der Waals surface area contributed by atoms with Crippen molar-refractivity contribution in [2.75, 3.05) is 0 Å². The molecular weight excluding hydrogens is 186 g/mol. The quantitative estimate of drug-likeness (QED) is 0.494. The van der Waals surface area contributed by atoms with E-state index in [4.69, 9.17) is 0 Å². The van der Waals surface area contributed by atoms with Crippen molar-refractivity contribution in [1.82, 2.24) is 0 Å². The second-order valence-electron chi connectivity index (χ2n) is 0. The van der Waals surface area contributed by atoms with Crippen LogP contribution in [0, 0.1) is 0 Å². The van der Waals surface area contributed by atoms with Crippen LogP contribution in [0.15, 0.2) is 0 Å². The third-order valence-electron chi connectivity index (χ3n) is 0. The van der Waals surface area contributed by atoms with E-state index in [1.807, 2.05) is 0 Å². The van der Waals surface area contributed by atoms with Gasteiger partial charge in [0.25, 0.3) is 0 Å². The molecule has 0 nitrogen and oxygen atoms in total. The van der Waals surface area contributed by atoms with Gasteiger partial charge in [0.1, 0.15) is 0 Å². The van der Waals surface area contributed by atoms with E-state index in [-0.39, 0.29) is 0 Å². The van der Waals surface area contributed by atoms with Crippen molar-refractivity contribution in [1.29, 1.82) is 0 Å². The van der Waals surface area contributed by atoms with Crippen molar-refractivity contribution < 1.29 is 20.0 Å². The van der Waals surface area contributed by atoms with Crippen molar-refractivity contribution in [3.8, 4) is 0 Å². The summed E-state index contributed by atoms with van der Waals surface area (Å²) in [4.78, 5) is 0. The van der Waals surface area contributed by atoms with Crippen molar-refractivity contribution in [3.05, 3.63) is 0 Å². The van der Waals surface area contributed by atoms with E-state index >= 15 is 0 Å². The van der Waals surface area contributed by atoms with Gasteiger partial charge in [-0.3, -0.25) is 0 Å². The zero-order chi connectivity index (χ0) is 4.00. The Kier molecular flexibility index (Phi) is 47.8. The Bertz CT molecular complexity index is 6.00. The van der Waals surface area contributed by atoms with E-state index in [2.05, 4.69) is 39.0 Å². The minimum atomic E-state index is 1.47. The monoisotopic (exact) mass is 184 g/mol. The van der Waals surface area contributed by atoms with Crippen molar-refractivity contribution in [2.24, 2.45) is 0 Å². The van der Waals surface area contributed by atoms with Crippen molar-refractivity contribution in [3.63, 3.8) is 0 Å². The van der Waals surface area contributed by atoms with Gasteiger partial charge in [-0.05, 0) is 0 Å². The first-order chi connectivity index (χ1) is 2.00. The molecule has 0 aromatic rings. The van der Waals surface area contributed by atoms with Gasteiger partial charge >= 0.3 is 55.7 Å². The fourth-order valence-corrected chi connectivity index (χ4v) is 0. The molecule has 0 bridgehead atoms. The molecule has 0 spiro atoms. The van der Waals surface area contributed by atoms with Gasteiger partial charge < -0.3 is 0 Å². The molecule has 0 aliphatic heterocycles. The molecule has 0 unspecified atom stereocenters. The Morgan fingerprint density at radius 2 is 1.25 bits per heavy atom. The number of hydrogen-bond donors (Lipinski definition) is 0. The molecule has 0 atom stereocenters. The molecule has 0 aromatic carbocycles. The molecule has 4 heteroatoms. The summed E-state index contributed by atoms with van der Waals surface area (Å²) in [6, 6.07) is 0. The number of halogens is 2. The van der Waals surface area contributed by atoms with Gasteiger partial charge in [-0.15, -0.1) is 0 Å². The van der Waals surface area contributed by atoms with Crippen LogP contribution in [-0.4, -0.2) is 16.7 Å². The molecule has 0 N–H and O–H groups in total. The Hall–Kier alpha value is 1.92. The molecule has 0 amide bonds. The summed E-state index contributed by atoms with van der Waals surface area (Å²) in [5.41, 5.74) is 0. The topological polar surface area (TPSA) is 0 Å². The Morgan fingerprint density at radius 1 is 1.25 bits per heavy atom. The second-order valence-corrected chi connectivity index (χ2v) is 0. The molecule has 0 saturated heterocycles. The predicted octanol–water partition coefficient (Wildman–Crippen LogP) is 0.996. The third kappa shape index (κ3) is 9.07. The van der Waals surface area contributed by atoms with Crippen LogP contribution in [0.5, 0.6) is 0 Å². The molecule has 0 aliphatic carbocycles. The van der Waals surface area contributed by atoms with Crippen LogP contribution in [0.3, 0.4) is 0 Å². The fourth-order valence-electron chi connectivity index (χ4n) is 0. The third-order valence-corrected chi connectivity index (χ3v) is 0. The van der Waals surface area contributed by atoms with Crippen LogP contribution in [0.2, 0.25) is 0 Å². The standard InChI is InChI=1S/Ag.2ClH.Li/h;2*1H;/q+1;;;+1/p-2. The van der Waals surface area contributed by atoms with Crippen molar-refractivity contribution >= 4 is 35.7 Å². The van der Waals surface area contributed by atoms with Crippen LogP contribution in [0.1, 0.15) is 0 Å². The molecular formula is AgCl2Li. The first kappa shape index (κ1) is 9.32. The zero-order valence-electron chi connectivity index (χ0n) is 2.06. The molecule has 0 fully saturated rings. The average molecular weight is 186 g/mol. The summed E-state index contributed by atoms with van der Waals surface area (Å²) in [6.07, 6.45) is 0. The summed E-state index contributed by atoms with van der Waals surface area (Å²) in [5.74, 6) is 0. The normalized spacial score (nSPS) is 3.50. The predicted molar refractivity (Wildman–Crippen MR) is 17.5 cm³/mol. The Morgan fingerprint density at radius 3 is 1.25 bits per heavy atom. The Balaban J connectivity index is 0. The molecule has 0 aromatic heterocycles. The summed E-state index contributed by atoms with van der Waals surface area (Å²) >= 11 is 3.89. The van der Waals surface area contributed by atoms with Crippen LogP contribution in [0.4, 0.5) is 0 Å². The molecule has 0 radical (unpaired) electrons. The van der Waals surface area contributed by atoms with E-state index < -0.39 is 0 Å². The first-order valence-electron chi connectivity index (χ1n) is 0.492. The van der Waals surface area contributed by atoms with E-state index in [0.29, 0.717) is 0 Å². The van der Waals surface area contributed by atoms with Crippen LogP contribution in [-0.2, 0) is 20.0 Å². The van der Waals surface area contributed by atoms with E-state index in [9.17, 15) is 0 Å². The van der Waals surface area contributed by atoms with Crippen LogP contribution >= 0.6 is 19.0 Å². The molecule has 0 saturated carbocycles. The van der Waals surface area contributed by atoms with Gasteiger partial charge in [-0.25, -0.2) is 0 Å². The second kappa shape index (κ2) is 20.5. The molecule has 0 heterocycles. The maximum atomic E-state index is 4.64. The SMILES string of the molecule is [Cl][Ag].[Li][Cl]. The van der Waals surface area contributed by atoms with E-state index in [1.165, 1.54) is 16.7 Å². The zero-order valence-corrected chi connectivity index (χ0v) is 5.05. The maximum absolute atomic E-state index is 4.64. The molecule has 0 aliphatic rings. The van der Waals surface area contributed by atoms with Gasteiger partial charge in [0.05, 0.1) is 0 Å². The van der Waals surface area contributed by atoms with E-state index in [1.54, 1.807) is 0 Å². The van der Waals surface area contributed by atoms with Gasteiger partial charge in [0, 0.05) is 0 Å². The van der Waals surface area contributed by atoms with E-state index in [0.717, 1.165) is 0 Å². The van der Waals surface area contributed by atoms with Crippen molar-refractivity contribution in [2.45, 2.75) is 0 Å². The van der Waals surface area contributed by atoms with Crippen LogP contribution in [0.25, 0.3) is 0 Å². The fraction of sp³-hybridized carbons (Fsp3) is 0.